The minimum atomic E-state index is 0. The quantitative estimate of drug-likeness (QED) is 0.306. The lowest BCUT2D eigenvalue weighted by atomic mass is 10.2. The molecule has 26 heavy (non-hydrogen) atoms. The third kappa shape index (κ3) is 6.28. The monoisotopic (exact) mass is 468 g/mol. The molecule has 6 nitrogen and oxygen atoms in total. The molecule has 0 radical (unpaired) electrons. The van der Waals surface area contributed by atoms with Crippen molar-refractivity contribution in [3.05, 3.63) is 54.4 Å². The lowest BCUT2D eigenvalue weighted by Gasteiger charge is -2.36. The minimum Gasteiger partial charge on any atom is -0.356 e. The molecule has 2 heterocycles. The van der Waals surface area contributed by atoms with E-state index in [1.807, 2.05) is 30.2 Å². The van der Waals surface area contributed by atoms with Gasteiger partial charge in [-0.15, -0.1) is 24.0 Å². The van der Waals surface area contributed by atoms with Crippen molar-refractivity contribution in [2.75, 3.05) is 39.8 Å². The minimum absolute atomic E-state index is 0. The Bertz CT molecular complexity index is 635. The first-order chi connectivity index (χ1) is 12.3. The Morgan fingerprint density at radius 2 is 1.88 bits per heavy atom. The highest BCUT2D eigenvalue weighted by molar-refractivity contribution is 14.0. The summed E-state index contributed by atoms with van der Waals surface area (Å²) in [6.45, 7) is 7.06. The molecule has 7 heteroatoms. The zero-order chi connectivity index (χ0) is 17.3. The van der Waals surface area contributed by atoms with E-state index < -0.39 is 0 Å². The molecule has 0 unspecified atom stereocenters. The summed E-state index contributed by atoms with van der Waals surface area (Å²) in [6, 6.07) is 12.7. The number of aromatic nitrogens is 2. The van der Waals surface area contributed by atoms with Crippen molar-refractivity contribution in [3.63, 3.8) is 0 Å². The highest BCUT2D eigenvalue weighted by atomic mass is 127. The number of benzene rings is 1. The zero-order valence-electron chi connectivity index (χ0n) is 15.4. The highest BCUT2D eigenvalue weighted by Crippen LogP contribution is 2.08. The molecule has 0 atom stereocenters. The summed E-state index contributed by atoms with van der Waals surface area (Å²) in [4.78, 5) is 9.31. The molecule has 0 saturated carbocycles. The average Bonchev–Trinajstić information content (AvgIpc) is 3.17. The molecule has 1 aromatic heterocycles. The van der Waals surface area contributed by atoms with Crippen molar-refractivity contribution >= 4 is 29.9 Å². The number of halogens is 1. The van der Waals surface area contributed by atoms with Crippen LogP contribution in [0, 0.1) is 0 Å². The Morgan fingerprint density at radius 1 is 1.12 bits per heavy atom. The van der Waals surface area contributed by atoms with E-state index >= 15 is 0 Å². The number of aryl methyl sites for hydroxylation is 1. The lowest BCUT2D eigenvalue weighted by Crippen LogP contribution is -2.52. The van der Waals surface area contributed by atoms with Crippen LogP contribution in [0.15, 0.2) is 53.8 Å². The van der Waals surface area contributed by atoms with Crippen LogP contribution in [0.5, 0.6) is 0 Å². The van der Waals surface area contributed by atoms with E-state index in [0.29, 0.717) is 0 Å². The van der Waals surface area contributed by atoms with Crippen LogP contribution < -0.4 is 5.32 Å². The van der Waals surface area contributed by atoms with Crippen LogP contribution in [0.4, 0.5) is 0 Å². The fraction of sp³-hybridized carbons (Fsp3) is 0.474. The van der Waals surface area contributed by atoms with E-state index in [2.05, 4.69) is 55.5 Å². The van der Waals surface area contributed by atoms with Gasteiger partial charge in [0.15, 0.2) is 5.96 Å². The molecule has 0 bridgehead atoms. The molecule has 0 aliphatic carbocycles. The number of rotatable bonds is 6. The molecule has 1 N–H and O–H groups in total. The van der Waals surface area contributed by atoms with Gasteiger partial charge in [0.1, 0.15) is 0 Å². The first kappa shape index (κ1) is 20.7. The molecule has 1 aliphatic heterocycles. The summed E-state index contributed by atoms with van der Waals surface area (Å²) < 4.78 is 1.97. The zero-order valence-corrected chi connectivity index (χ0v) is 17.8. The molecule has 1 saturated heterocycles. The Balaban J connectivity index is 0.00000243. The predicted octanol–water partition coefficient (Wildman–Crippen LogP) is 2.28. The molecular formula is C19H29IN6. The topological polar surface area (TPSA) is 48.7 Å². The number of piperazine rings is 1. The first-order valence-corrected chi connectivity index (χ1v) is 9.04. The second-order valence-corrected chi connectivity index (χ2v) is 6.35. The summed E-state index contributed by atoms with van der Waals surface area (Å²) in [5.74, 6) is 1.01. The average molecular weight is 468 g/mol. The summed E-state index contributed by atoms with van der Waals surface area (Å²) in [5.41, 5.74) is 1.39. The normalized spacial score (nSPS) is 15.6. The first-order valence-electron chi connectivity index (χ1n) is 9.04. The number of hydrogen-bond donors (Lipinski definition) is 1. The maximum Gasteiger partial charge on any atom is 0.193 e. The predicted molar refractivity (Wildman–Crippen MR) is 117 cm³/mol. The summed E-state index contributed by atoms with van der Waals surface area (Å²) in [6.07, 6.45) is 4.86. The van der Waals surface area contributed by atoms with E-state index in [1.165, 1.54) is 5.56 Å². The highest BCUT2D eigenvalue weighted by Gasteiger charge is 2.19. The molecule has 1 aromatic carbocycles. The molecule has 1 aliphatic rings. The van der Waals surface area contributed by atoms with Gasteiger partial charge in [-0.1, -0.05) is 30.3 Å². The molecule has 2 aromatic rings. The van der Waals surface area contributed by atoms with Crippen molar-refractivity contribution in [1.82, 2.24) is 24.9 Å². The van der Waals surface area contributed by atoms with Crippen molar-refractivity contribution in [1.29, 1.82) is 0 Å². The van der Waals surface area contributed by atoms with Crippen LogP contribution in [0.25, 0.3) is 0 Å². The van der Waals surface area contributed by atoms with Crippen molar-refractivity contribution in [3.8, 4) is 0 Å². The van der Waals surface area contributed by atoms with Crippen LogP contribution >= 0.6 is 24.0 Å². The second kappa shape index (κ2) is 11.2. The summed E-state index contributed by atoms with van der Waals surface area (Å²) >= 11 is 0. The summed E-state index contributed by atoms with van der Waals surface area (Å²) in [5, 5.41) is 7.71. The molecule has 142 valence electrons. The Morgan fingerprint density at radius 3 is 2.54 bits per heavy atom. The number of hydrogen-bond acceptors (Lipinski definition) is 3. The molecule has 3 rings (SSSR count). The van der Waals surface area contributed by atoms with E-state index in [0.717, 1.165) is 58.2 Å². The maximum atomic E-state index is 4.45. The smallest absolute Gasteiger partial charge is 0.193 e. The van der Waals surface area contributed by atoms with Crippen molar-refractivity contribution < 1.29 is 0 Å². The fourth-order valence-electron chi connectivity index (χ4n) is 3.17. The Labute approximate surface area is 173 Å². The van der Waals surface area contributed by atoms with Crippen LogP contribution in [0.1, 0.15) is 12.0 Å². The van der Waals surface area contributed by atoms with Gasteiger partial charge in [-0.3, -0.25) is 14.6 Å². The van der Waals surface area contributed by atoms with Gasteiger partial charge in [-0.05, 0) is 18.1 Å². The SMILES string of the molecule is CN=C(NCCCn1cccn1)N1CCN(Cc2ccccc2)CC1.I. The standard InChI is InChI=1S/C19H28N6.HI/c1-20-19(21-9-5-11-25-12-6-10-22-25)24-15-13-23(14-16-24)17-18-7-3-2-4-8-18;/h2-4,6-8,10,12H,5,9,11,13-17H2,1H3,(H,20,21);1H. The molecular weight excluding hydrogens is 439 g/mol. The van der Waals surface area contributed by atoms with E-state index in [9.17, 15) is 0 Å². The van der Waals surface area contributed by atoms with Crippen LogP contribution in [0.3, 0.4) is 0 Å². The third-order valence-corrected chi connectivity index (χ3v) is 4.54. The van der Waals surface area contributed by atoms with Crippen molar-refractivity contribution in [2.45, 2.75) is 19.5 Å². The third-order valence-electron chi connectivity index (χ3n) is 4.54. The molecule has 0 amide bonds. The van der Waals surface area contributed by atoms with Gasteiger partial charge < -0.3 is 10.2 Å². The van der Waals surface area contributed by atoms with E-state index in [-0.39, 0.29) is 24.0 Å². The molecule has 0 spiro atoms. The number of guanidine groups is 1. The van der Waals surface area contributed by atoms with Crippen LogP contribution in [-0.4, -0.2) is 65.3 Å². The van der Waals surface area contributed by atoms with E-state index in [4.69, 9.17) is 0 Å². The fourth-order valence-corrected chi connectivity index (χ4v) is 3.17. The van der Waals surface area contributed by atoms with Gasteiger partial charge in [0.05, 0.1) is 0 Å². The van der Waals surface area contributed by atoms with Gasteiger partial charge in [0.25, 0.3) is 0 Å². The largest absolute Gasteiger partial charge is 0.356 e. The number of nitrogens with one attached hydrogen (secondary N) is 1. The Kier molecular flexibility index (Phi) is 8.90. The Hall–Kier alpha value is -1.61. The maximum absolute atomic E-state index is 4.45. The second-order valence-electron chi connectivity index (χ2n) is 6.35. The van der Waals surface area contributed by atoms with Gasteiger partial charge >= 0.3 is 0 Å². The molecule has 1 fully saturated rings. The van der Waals surface area contributed by atoms with Gasteiger partial charge in [0, 0.05) is 65.3 Å². The number of nitrogens with zero attached hydrogens (tertiary/aromatic N) is 5. The van der Waals surface area contributed by atoms with E-state index in [1.54, 1.807) is 0 Å². The van der Waals surface area contributed by atoms with Gasteiger partial charge in [-0.2, -0.15) is 5.10 Å². The van der Waals surface area contributed by atoms with Crippen molar-refractivity contribution in [2.24, 2.45) is 4.99 Å². The van der Waals surface area contributed by atoms with Crippen LogP contribution in [-0.2, 0) is 13.1 Å². The van der Waals surface area contributed by atoms with Gasteiger partial charge in [0.2, 0.25) is 0 Å². The van der Waals surface area contributed by atoms with Gasteiger partial charge in [-0.25, -0.2) is 0 Å². The summed E-state index contributed by atoms with van der Waals surface area (Å²) in [7, 11) is 1.87. The number of aliphatic imine (C=N–C) groups is 1. The lowest BCUT2D eigenvalue weighted by molar-refractivity contribution is 0.172. The van der Waals surface area contributed by atoms with Crippen LogP contribution in [0.2, 0.25) is 0 Å².